The van der Waals surface area contributed by atoms with E-state index in [1.54, 1.807) is 0 Å². The molecule has 1 unspecified atom stereocenters. The summed E-state index contributed by atoms with van der Waals surface area (Å²) in [5.41, 5.74) is 4.18. The van der Waals surface area contributed by atoms with Gasteiger partial charge in [-0.25, -0.2) is 0 Å². The van der Waals surface area contributed by atoms with E-state index in [9.17, 15) is 0 Å². The first-order valence-electron chi connectivity index (χ1n) is 6.90. The first-order chi connectivity index (χ1) is 9.31. The number of anilines is 1. The highest BCUT2D eigenvalue weighted by Gasteiger charge is 2.17. The number of rotatable bonds is 3. The summed E-state index contributed by atoms with van der Waals surface area (Å²) in [6.07, 6.45) is 4.79. The molecule has 0 fully saturated rings. The summed E-state index contributed by atoms with van der Waals surface area (Å²) in [6.45, 7) is 0. The summed E-state index contributed by atoms with van der Waals surface area (Å²) in [6, 6.07) is 17.9. The molecule has 0 aliphatic carbocycles. The van der Waals surface area contributed by atoms with Gasteiger partial charge in [-0.15, -0.1) is 0 Å². The van der Waals surface area contributed by atoms with Crippen molar-refractivity contribution in [2.75, 3.05) is 5.32 Å². The Hall–Kier alpha value is -1.28. The van der Waals surface area contributed by atoms with Crippen molar-refractivity contribution in [1.29, 1.82) is 0 Å². The fraction of sp³-hybridized carbons (Fsp3) is 0.294. The van der Waals surface area contributed by atoms with Crippen LogP contribution >= 0.6 is 15.9 Å². The van der Waals surface area contributed by atoms with Gasteiger partial charge >= 0.3 is 0 Å². The minimum Gasteiger partial charge on any atom is -0.382 e. The van der Waals surface area contributed by atoms with Gasteiger partial charge in [0.1, 0.15) is 0 Å². The number of hydrogen-bond acceptors (Lipinski definition) is 1. The smallest absolute Gasteiger partial charge is 0.0386 e. The molecule has 2 aromatic carbocycles. The van der Waals surface area contributed by atoms with E-state index >= 15 is 0 Å². The first-order valence-corrected chi connectivity index (χ1v) is 7.69. The summed E-state index contributed by atoms with van der Waals surface area (Å²) in [5.74, 6) is 0. The largest absolute Gasteiger partial charge is 0.382 e. The van der Waals surface area contributed by atoms with E-state index in [4.69, 9.17) is 0 Å². The third-order valence-corrected chi connectivity index (χ3v) is 4.31. The van der Waals surface area contributed by atoms with Gasteiger partial charge in [0.15, 0.2) is 0 Å². The van der Waals surface area contributed by atoms with Crippen LogP contribution < -0.4 is 5.32 Å². The quantitative estimate of drug-likeness (QED) is 0.857. The Morgan fingerprint density at radius 1 is 1.11 bits per heavy atom. The van der Waals surface area contributed by atoms with Gasteiger partial charge in [-0.05, 0) is 48.9 Å². The molecule has 0 radical (unpaired) electrons. The Morgan fingerprint density at radius 2 is 1.95 bits per heavy atom. The minimum absolute atomic E-state index is 0.599. The number of benzene rings is 2. The first kappa shape index (κ1) is 12.7. The molecule has 19 heavy (non-hydrogen) atoms. The molecule has 98 valence electrons. The maximum absolute atomic E-state index is 3.68. The normalized spacial score (nSPS) is 17.6. The van der Waals surface area contributed by atoms with Crippen molar-refractivity contribution in [3.05, 3.63) is 64.1 Å². The summed E-state index contributed by atoms with van der Waals surface area (Å²) in [7, 11) is 0. The van der Waals surface area contributed by atoms with Crippen LogP contribution in [0.25, 0.3) is 0 Å². The van der Waals surface area contributed by atoms with Crippen molar-refractivity contribution in [3.8, 4) is 0 Å². The molecule has 0 saturated heterocycles. The van der Waals surface area contributed by atoms with E-state index in [0.717, 1.165) is 10.9 Å². The van der Waals surface area contributed by atoms with Crippen LogP contribution in [0.5, 0.6) is 0 Å². The molecule has 0 aromatic heterocycles. The Labute approximate surface area is 123 Å². The van der Waals surface area contributed by atoms with Crippen LogP contribution in [0.3, 0.4) is 0 Å². The highest BCUT2D eigenvalue weighted by Crippen LogP contribution is 2.29. The van der Waals surface area contributed by atoms with Crippen molar-refractivity contribution in [3.63, 3.8) is 0 Å². The zero-order valence-corrected chi connectivity index (χ0v) is 12.5. The molecule has 0 saturated carbocycles. The summed E-state index contributed by atoms with van der Waals surface area (Å²) < 4.78 is 1.16. The lowest BCUT2D eigenvalue weighted by molar-refractivity contribution is 0.586. The average Bonchev–Trinajstić information content (AvgIpc) is 2.46. The molecule has 0 amide bonds. The molecule has 3 rings (SSSR count). The molecule has 0 spiro atoms. The van der Waals surface area contributed by atoms with Gasteiger partial charge in [0, 0.05) is 16.2 Å². The molecule has 0 bridgehead atoms. The van der Waals surface area contributed by atoms with Crippen LogP contribution in [0.1, 0.15) is 24.0 Å². The van der Waals surface area contributed by atoms with E-state index in [-0.39, 0.29) is 0 Å². The van der Waals surface area contributed by atoms with Gasteiger partial charge in [0.05, 0.1) is 0 Å². The molecule has 1 nitrogen and oxygen atoms in total. The average molecular weight is 316 g/mol. The summed E-state index contributed by atoms with van der Waals surface area (Å²) in [5, 5.41) is 3.68. The molecule has 2 aromatic rings. The standard InChI is InChI=1S/C17H18BrN/c18-15-9-7-14-8-11-16(19-17(14)12-15)10-6-13-4-2-1-3-5-13/h1-5,7,9,12,16,19H,6,8,10-11H2. The zero-order chi connectivity index (χ0) is 13.1. The topological polar surface area (TPSA) is 12.0 Å². The fourth-order valence-corrected chi connectivity index (χ4v) is 3.09. The molecule has 1 aliphatic heterocycles. The number of aryl methyl sites for hydroxylation is 2. The molecule has 1 atom stereocenters. The van der Waals surface area contributed by atoms with Crippen LogP contribution in [-0.4, -0.2) is 6.04 Å². The Kier molecular flexibility index (Phi) is 3.88. The summed E-state index contributed by atoms with van der Waals surface area (Å²) in [4.78, 5) is 0. The van der Waals surface area contributed by atoms with Crippen LogP contribution in [0.4, 0.5) is 5.69 Å². The van der Waals surface area contributed by atoms with Crippen molar-refractivity contribution in [2.45, 2.75) is 31.7 Å². The number of halogens is 1. The Balaban J connectivity index is 1.62. The van der Waals surface area contributed by atoms with Crippen LogP contribution in [0.15, 0.2) is 53.0 Å². The zero-order valence-electron chi connectivity index (χ0n) is 10.9. The van der Waals surface area contributed by atoms with E-state index in [0.29, 0.717) is 6.04 Å². The van der Waals surface area contributed by atoms with Gasteiger partial charge in [-0.3, -0.25) is 0 Å². The highest BCUT2D eigenvalue weighted by atomic mass is 79.9. The molecule has 1 aliphatic rings. The lowest BCUT2D eigenvalue weighted by atomic mass is 9.94. The molecule has 1 heterocycles. The second-order valence-electron chi connectivity index (χ2n) is 5.21. The van der Waals surface area contributed by atoms with Crippen molar-refractivity contribution in [2.24, 2.45) is 0 Å². The van der Waals surface area contributed by atoms with E-state index in [2.05, 4.69) is 69.8 Å². The second-order valence-corrected chi connectivity index (χ2v) is 6.12. The molecular formula is C17H18BrN. The van der Waals surface area contributed by atoms with E-state index in [1.165, 1.54) is 36.1 Å². The van der Waals surface area contributed by atoms with E-state index in [1.807, 2.05) is 0 Å². The molecule has 1 N–H and O–H groups in total. The van der Waals surface area contributed by atoms with Crippen LogP contribution in [-0.2, 0) is 12.8 Å². The van der Waals surface area contributed by atoms with Gasteiger partial charge in [0.25, 0.3) is 0 Å². The van der Waals surface area contributed by atoms with Crippen molar-refractivity contribution >= 4 is 21.6 Å². The Morgan fingerprint density at radius 3 is 2.79 bits per heavy atom. The number of fused-ring (bicyclic) bond motifs is 1. The van der Waals surface area contributed by atoms with Crippen molar-refractivity contribution < 1.29 is 0 Å². The van der Waals surface area contributed by atoms with Gasteiger partial charge in [0.2, 0.25) is 0 Å². The van der Waals surface area contributed by atoms with Crippen LogP contribution in [0.2, 0.25) is 0 Å². The second kappa shape index (κ2) is 5.79. The SMILES string of the molecule is Brc1ccc2c(c1)NC(CCc1ccccc1)CC2. The lowest BCUT2D eigenvalue weighted by Crippen LogP contribution is -2.25. The Bertz CT molecular complexity index is 550. The highest BCUT2D eigenvalue weighted by molar-refractivity contribution is 9.10. The monoisotopic (exact) mass is 315 g/mol. The predicted molar refractivity (Wildman–Crippen MR) is 84.6 cm³/mol. The van der Waals surface area contributed by atoms with Gasteiger partial charge in [-0.1, -0.05) is 52.3 Å². The van der Waals surface area contributed by atoms with Gasteiger partial charge < -0.3 is 5.32 Å². The number of hydrogen-bond donors (Lipinski definition) is 1. The van der Waals surface area contributed by atoms with E-state index < -0.39 is 0 Å². The maximum atomic E-state index is 3.68. The fourth-order valence-electron chi connectivity index (χ4n) is 2.72. The summed E-state index contributed by atoms with van der Waals surface area (Å²) >= 11 is 3.55. The van der Waals surface area contributed by atoms with Gasteiger partial charge in [-0.2, -0.15) is 0 Å². The lowest BCUT2D eigenvalue weighted by Gasteiger charge is -2.27. The maximum Gasteiger partial charge on any atom is 0.0386 e. The minimum atomic E-state index is 0.599. The predicted octanol–water partition coefficient (Wildman–Crippen LogP) is 4.81. The van der Waals surface area contributed by atoms with Crippen molar-refractivity contribution in [1.82, 2.24) is 0 Å². The molecule has 2 heteroatoms. The van der Waals surface area contributed by atoms with Crippen LogP contribution in [0, 0.1) is 0 Å². The number of nitrogens with one attached hydrogen (secondary N) is 1. The molecular weight excluding hydrogens is 298 g/mol. The third kappa shape index (κ3) is 3.19. The third-order valence-electron chi connectivity index (χ3n) is 3.82.